The van der Waals surface area contributed by atoms with Gasteiger partial charge in [0, 0.05) is 24.2 Å². The summed E-state index contributed by atoms with van der Waals surface area (Å²) < 4.78 is 44.8. The third-order valence-electron chi connectivity index (χ3n) is 6.64. The van der Waals surface area contributed by atoms with Gasteiger partial charge in [-0.15, -0.1) is 0 Å². The fraction of sp³-hybridized carbons (Fsp3) is 0.207. The number of hydrogen-bond acceptors (Lipinski definition) is 5. The Kier molecular flexibility index (Phi) is 8.09. The average Bonchev–Trinajstić information content (AvgIpc) is 3.37. The third kappa shape index (κ3) is 5.96. The SMILES string of the molecule is CCCCn1c(=O)n(Cc2ccccc2F)c(=O)c2[nH]c(Cc3ccc(NS(=O)(=O)c4ccccc4Cl)cc3)nc21. The summed E-state index contributed by atoms with van der Waals surface area (Å²) in [6.07, 6.45) is 1.81. The molecular weight excluding hydrogens is 569 g/mol. The van der Waals surface area contributed by atoms with Crippen LogP contribution in [-0.4, -0.2) is 27.5 Å². The number of unbranched alkanes of at least 4 members (excludes halogenated alkanes) is 1. The molecule has 5 aromatic rings. The van der Waals surface area contributed by atoms with Crippen LogP contribution >= 0.6 is 11.6 Å². The molecule has 5 rings (SSSR count). The highest BCUT2D eigenvalue weighted by Crippen LogP contribution is 2.24. The predicted molar refractivity (Wildman–Crippen MR) is 157 cm³/mol. The molecule has 0 aliphatic rings. The Balaban J connectivity index is 1.44. The van der Waals surface area contributed by atoms with Crippen LogP contribution in [0.15, 0.2) is 87.3 Å². The van der Waals surface area contributed by atoms with Crippen molar-refractivity contribution in [3.63, 3.8) is 0 Å². The predicted octanol–water partition coefficient (Wildman–Crippen LogP) is 4.92. The number of nitrogens with one attached hydrogen (secondary N) is 2. The first-order chi connectivity index (χ1) is 19.7. The lowest BCUT2D eigenvalue weighted by Gasteiger charge is -2.11. The number of H-pyrrole nitrogens is 1. The highest BCUT2D eigenvalue weighted by molar-refractivity contribution is 7.92. The van der Waals surface area contributed by atoms with E-state index in [1.54, 1.807) is 54.6 Å². The minimum atomic E-state index is -3.88. The van der Waals surface area contributed by atoms with E-state index >= 15 is 0 Å². The molecule has 0 bridgehead atoms. The maximum Gasteiger partial charge on any atom is 0.333 e. The highest BCUT2D eigenvalue weighted by atomic mass is 35.5. The van der Waals surface area contributed by atoms with Gasteiger partial charge in [0.1, 0.15) is 22.1 Å². The molecule has 0 spiro atoms. The van der Waals surface area contributed by atoms with E-state index in [4.69, 9.17) is 11.6 Å². The van der Waals surface area contributed by atoms with Crippen LogP contribution in [0.1, 0.15) is 36.7 Å². The van der Waals surface area contributed by atoms with Crippen molar-refractivity contribution in [2.45, 2.75) is 44.2 Å². The molecule has 212 valence electrons. The first kappa shape index (κ1) is 28.3. The van der Waals surface area contributed by atoms with E-state index in [2.05, 4.69) is 14.7 Å². The molecule has 2 heterocycles. The van der Waals surface area contributed by atoms with Gasteiger partial charge in [0.15, 0.2) is 5.65 Å². The van der Waals surface area contributed by atoms with E-state index in [9.17, 15) is 22.4 Å². The van der Waals surface area contributed by atoms with Crippen LogP contribution in [-0.2, 0) is 29.5 Å². The molecule has 0 saturated carbocycles. The Morgan fingerprint density at radius 2 is 1.68 bits per heavy atom. The lowest BCUT2D eigenvalue weighted by Crippen LogP contribution is -2.40. The normalized spacial score (nSPS) is 11.7. The second kappa shape index (κ2) is 11.7. The van der Waals surface area contributed by atoms with Gasteiger partial charge < -0.3 is 4.98 Å². The van der Waals surface area contributed by atoms with Crippen molar-refractivity contribution in [2.24, 2.45) is 0 Å². The number of nitrogens with zero attached hydrogens (tertiary/aromatic N) is 3. The van der Waals surface area contributed by atoms with Crippen LogP contribution in [0.5, 0.6) is 0 Å². The highest BCUT2D eigenvalue weighted by Gasteiger charge is 2.20. The molecule has 0 atom stereocenters. The summed E-state index contributed by atoms with van der Waals surface area (Å²) in [6, 6.07) is 18.9. The van der Waals surface area contributed by atoms with Gasteiger partial charge in [-0.1, -0.05) is 67.4 Å². The molecule has 0 amide bonds. The molecule has 9 nitrogen and oxygen atoms in total. The number of sulfonamides is 1. The van der Waals surface area contributed by atoms with Crippen LogP contribution in [0.25, 0.3) is 11.2 Å². The van der Waals surface area contributed by atoms with Crippen molar-refractivity contribution in [2.75, 3.05) is 4.72 Å². The third-order valence-corrected chi connectivity index (χ3v) is 8.52. The molecular formula is C29H27ClFN5O4S. The molecule has 41 heavy (non-hydrogen) atoms. The van der Waals surface area contributed by atoms with Crippen molar-refractivity contribution in [3.8, 4) is 0 Å². The second-order valence-corrected chi connectivity index (χ2v) is 11.6. The first-order valence-corrected chi connectivity index (χ1v) is 14.9. The second-order valence-electron chi connectivity index (χ2n) is 9.56. The maximum absolute atomic E-state index is 14.3. The van der Waals surface area contributed by atoms with E-state index < -0.39 is 27.1 Å². The zero-order valence-electron chi connectivity index (χ0n) is 22.1. The summed E-state index contributed by atoms with van der Waals surface area (Å²) in [5, 5.41) is 0.117. The Bertz CT molecular complexity index is 1950. The van der Waals surface area contributed by atoms with E-state index in [1.165, 1.54) is 22.8 Å². The maximum atomic E-state index is 14.3. The summed E-state index contributed by atoms with van der Waals surface area (Å²) in [5.41, 5.74) is 0.657. The molecule has 2 N–H and O–H groups in total. The number of aryl methyl sites for hydroxylation is 1. The molecule has 3 aromatic carbocycles. The number of benzene rings is 3. The van der Waals surface area contributed by atoms with Gasteiger partial charge in [0.2, 0.25) is 0 Å². The lowest BCUT2D eigenvalue weighted by molar-refractivity contribution is 0.553. The number of aromatic amines is 1. The summed E-state index contributed by atoms with van der Waals surface area (Å²) in [5.74, 6) is -0.0447. The molecule has 0 saturated heterocycles. The molecule has 0 aliphatic heterocycles. The van der Waals surface area contributed by atoms with Gasteiger partial charge in [-0.25, -0.2) is 22.6 Å². The summed E-state index contributed by atoms with van der Waals surface area (Å²) >= 11 is 6.05. The van der Waals surface area contributed by atoms with Gasteiger partial charge in [-0.05, 0) is 42.3 Å². The van der Waals surface area contributed by atoms with Gasteiger partial charge in [-0.2, -0.15) is 0 Å². The zero-order chi connectivity index (χ0) is 29.1. The van der Waals surface area contributed by atoms with Gasteiger partial charge in [0.25, 0.3) is 15.6 Å². The van der Waals surface area contributed by atoms with Crippen LogP contribution < -0.4 is 16.0 Å². The summed E-state index contributed by atoms with van der Waals surface area (Å²) in [4.78, 5) is 34.3. The van der Waals surface area contributed by atoms with Gasteiger partial charge in [-0.3, -0.25) is 18.7 Å². The number of halogens is 2. The van der Waals surface area contributed by atoms with Crippen LogP contribution in [0.4, 0.5) is 10.1 Å². The number of aromatic nitrogens is 4. The van der Waals surface area contributed by atoms with Crippen LogP contribution in [0, 0.1) is 5.82 Å². The number of rotatable bonds is 10. The quantitative estimate of drug-likeness (QED) is 0.238. The minimum absolute atomic E-state index is 0.0252. The standard InChI is InChI=1S/C29H27ClFN5O4S/c1-2-3-16-35-27-26(28(37)36(29(35)38)18-20-8-4-6-10-23(20)31)32-25(33-27)17-19-12-14-21(15-13-19)34-41(39,40)24-11-7-5-9-22(24)30/h4-15,34H,2-3,16-18H2,1H3,(H,32,33). The minimum Gasteiger partial charge on any atom is -0.336 e. The molecule has 0 aliphatic carbocycles. The zero-order valence-corrected chi connectivity index (χ0v) is 23.7. The molecule has 0 fully saturated rings. The average molecular weight is 596 g/mol. The number of imidazole rings is 1. The first-order valence-electron chi connectivity index (χ1n) is 13.0. The Labute approximate surface area is 240 Å². The number of hydrogen-bond donors (Lipinski definition) is 2. The summed E-state index contributed by atoms with van der Waals surface area (Å²) in [6.45, 7) is 2.14. The fourth-order valence-electron chi connectivity index (χ4n) is 4.51. The van der Waals surface area contributed by atoms with Gasteiger partial charge >= 0.3 is 5.69 Å². The van der Waals surface area contributed by atoms with Crippen molar-refractivity contribution in [1.82, 2.24) is 19.1 Å². The van der Waals surface area contributed by atoms with E-state index in [1.807, 2.05) is 6.92 Å². The van der Waals surface area contributed by atoms with Crippen LogP contribution in [0.2, 0.25) is 5.02 Å². The molecule has 0 radical (unpaired) electrons. The van der Waals surface area contributed by atoms with E-state index in [0.29, 0.717) is 30.9 Å². The Hall–Kier alpha value is -4.22. The lowest BCUT2D eigenvalue weighted by atomic mass is 10.1. The smallest absolute Gasteiger partial charge is 0.333 e. The number of anilines is 1. The molecule has 2 aromatic heterocycles. The monoisotopic (exact) mass is 595 g/mol. The Morgan fingerprint density at radius 1 is 0.976 bits per heavy atom. The Morgan fingerprint density at radius 3 is 2.39 bits per heavy atom. The molecule has 0 unspecified atom stereocenters. The van der Waals surface area contributed by atoms with Crippen molar-refractivity contribution in [1.29, 1.82) is 0 Å². The van der Waals surface area contributed by atoms with Crippen molar-refractivity contribution in [3.05, 3.63) is 121 Å². The fourth-order valence-corrected chi connectivity index (χ4v) is 6.09. The van der Waals surface area contributed by atoms with Crippen molar-refractivity contribution < 1.29 is 12.8 Å². The van der Waals surface area contributed by atoms with Crippen molar-refractivity contribution >= 4 is 38.5 Å². The summed E-state index contributed by atoms with van der Waals surface area (Å²) in [7, 11) is -3.88. The van der Waals surface area contributed by atoms with Gasteiger partial charge in [0.05, 0.1) is 11.6 Å². The molecule has 12 heteroatoms. The van der Waals surface area contributed by atoms with E-state index in [0.717, 1.165) is 16.6 Å². The largest absolute Gasteiger partial charge is 0.336 e. The van der Waals surface area contributed by atoms with E-state index in [-0.39, 0.29) is 33.2 Å². The topological polar surface area (TPSA) is 119 Å². The number of fused-ring (bicyclic) bond motifs is 1. The van der Waals surface area contributed by atoms with Crippen LogP contribution in [0.3, 0.4) is 0 Å².